The minimum Gasteiger partial charge on any atom is -0.383 e. The molecule has 1 aliphatic rings. The number of hydrogen-bond acceptors (Lipinski definition) is 5. The molecule has 1 saturated carbocycles. The Morgan fingerprint density at radius 1 is 1.11 bits per heavy atom. The average Bonchev–Trinajstić information content (AvgIpc) is 2.86. The number of benzene rings is 1. The predicted molar refractivity (Wildman–Crippen MR) is 139 cm³/mol. The van der Waals surface area contributed by atoms with Crippen LogP contribution in [0.5, 0.6) is 0 Å². The van der Waals surface area contributed by atoms with Gasteiger partial charge in [-0.3, -0.25) is 19.5 Å². The number of carbonyl (C=O) groups is 2. The van der Waals surface area contributed by atoms with Gasteiger partial charge < -0.3 is 15.4 Å². The normalized spacial score (nSPS) is 16.4. The molecule has 7 nitrogen and oxygen atoms in total. The highest BCUT2D eigenvalue weighted by Gasteiger charge is 2.37. The molecule has 2 atom stereocenters. The molecule has 1 aliphatic carbocycles. The van der Waals surface area contributed by atoms with Gasteiger partial charge in [0.25, 0.3) is 0 Å². The molecule has 2 amide bonds. The Kier molecular flexibility index (Phi) is 9.40. The van der Waals surface area contributed by atoms with Crippen molar-refractivity contribution in [2.45, 2.75) is 76.4 Å². The van der Waals surface area contributed by atoms with E-state index in [1.54, 1.807) is 37.5 Å². The first-order valence-electron chi connectivity index (χ1n) is 12.6. The second-order valence-electron chi connectivity index (χ2n) is 10.3. The predicted octanol–water partition coefficient (Wildman–Crippen LogP) is 4.14. The van der Waals surface area contributed by atoms with E-state index >= 15 is 0 Å². The summed E-state index contributed by atoms with van der Waals surface area (Å²) >= 11 is 0. The summed E-state index contributed by atoms with van der Waals surface area (Å²) in [5.41, 5.74) is 2.45. The zero-order chi connectivity index (χ0) is 25.4. The van der Waals surface area contributed by atoms with Gasteiger partial charge in [-0.05, 0) is 49.1 Å². The molecule has 3 rings (SSSR count). The number of pyridine rings is 1. The second-order valence-corrected chi connectivity index (χ2v) is 10.3. The van der Waals surface area contributed by atoms with Gasteiger partial charge in [-0.1, -0.05) is 58.2 Å². The van der Waals surface area contributed by atoms with Crippen molar-refractivity contribution in [2.24, 2.45) is 0 Å². The maximum Gasteiger partial charge on any atom is 0.248 e. The van der Waals surface area contributed by atoms with Gasteiger partial charge in [-0.25, -0.2) is 0 Å². The van der Waals surface area contributed by atoms with Gasteiger partial charge in [0.15, 0.2) is 0 Å². The molecular weight excluding hydrogens is 440 g/mol. The third-order valence-corrected chi connectivity index (χ3v) is 6.69. The van der Waals surface area contributed by atoms with E-state index in [1.807, 2.05) is 30.3 Å². The summed E-state index contributed by atoms with van der Waals surface area (Å²) in [5, 5.41) is 6.29. The number of amides is 2. The lowest BCUT2D eigenvalue weighted by Crippen LogP contribution is -2.53. The van der Waals surface area contributed by atoms with Crippen LogP contribution in [0, 0.1) is 0 Å². The number of nitrogens with zero attached hydrogens (tertiary/aromatic N) is 2. The van der Waals surface area contributed by atoms with Gasteiger partial charge >= 0.3 is 0 Å². The van der Waals surface area contributed by atoms with Crippen LogP contribution in [0.25, 0.3) is 0 Å². The number of carbonyl (C=O) groups excluding carboxylic acids is 2. The average molecular weight is 481 g/mol. The zero-order valence-electron chi connectivity index (χ0n) is 21.7. The minimum atomic E-state index is -0.855. The van der Waals surface area contributed by atoms with Crippen LogP contribution in [0.4, 0.5) is 5.69 Å². The van der Waals surface area contributed by atoms with Crippen molar-refractivity contribution >= 4 is 17.5 Å². The molecule has 1 aromatic carbocycles. The van der Waals surface area contributed by atoms with Crippen molar-refractivity contribution in [3.05, 3.63) is 59.9 Å². The highest BCUT2D eigenvalue weighted by Crippen LogP contribution is 2.32. The van der Waals surface area contributed by atoms with Crippen LogP contribution < -0.4 is 15.5 Å². The molecule has 35 heavy (non-hydrogen) atoms. The monoisotopic (exact) mass is 480 g/mol. The van der Waals surface area contributed by atoms with Crippen molar-refractivity contribution in [1.82, 2.24) is 15.6 Å². The van der Waals surface area contributed by atoms with E-state index in [4.69, 9.17) is 4.74 Å². The topological polar surface area (TPSA) is 83.6 Å². The number of anilines is 1. The summed E-state index contributed by atoms with van der Waals surface area (Å²) in [7, 11) is 3.29. The highest BCUT2D eigenvalue weighted by atomic mass is 16.5. The number of ether oxygens (including phenoxy) is 1. The lowest BCUT2D eigenvalue weighted by Gasteiger charge is -2.35. The number of nitrogens with one attached hydrogen (secondary N) is 2. The maximum absolute atomic E-state index is 13.9. The summed E-state index contributed by atoms with van der Waals surface area (Å²) in [6.45, 7) is 6.64. The van der Waals surface area contributed by atoms with Crippen LogP contribution in [0.1, 0.15) is 70.0 Å². The third kappa shape index (κ3) is 6.89. The van der Waals surface area contributed by atoms with Crippen LogP contribution in [0.15, 0.2) is 48.8 Å². The van der Waals surface area contributed by atoms with Crippen LogP contribution in [0.3, 0.4) is 0 Å². The Balaban J connectivity index is 2.07. The minimum absolute atomic E-state index is 0.0297. The molecule has 2 N–H and O–H groups in total. The van der Waals surface area contributed by atoms with Crippen molar-refractivity contribution in [1.29, 1.82) is 0 Å². The molecule has 0 aliphatic heterocycles. The largest absolute Gasteiger partial charge is 0.383 e. The van der Waals surface area contributed by atoms with E-state index < -0.39 is 12.1 Å². The molecule has 1 heterocycles. The molecule has 0 bridgehead atoms. The molecule has 1 fully saturated rings. The van der Waals surface area contributed by atoms with Gasteiger partial charge in [-0.2, -0.15) is 0 Å². The molecule has 2 unspecified atom stereocenters. The summed E-state index contributed by atoms with van der Waals surface area (Å²) in [5.74, 6) is -0.420. The zero-order valence-corrected chi connectivity index (χ0v) is 21.7. The van der Waals surface area contributed by atoms with Crippen molar-refractivity contribution in [3.8, 4) is 0 Å². The van der Waals surface area contributed by atoms with Crippen molar-refractivity contribution in [2.75, 3.05) is 25.7 Å². The lowest BCUT2D eigenvalue weighted by molar-refractivity contribution is -0.128. The van der Waals surface area contributed by atoms with E-state index in [9.17, 15) is 9.59 Å². The van der Waals surface area contributed by atoms with Crippen molar-refractivity contribution in [3.63, 3.8) is 0 Å². The van der Waals surface area contributed by atoms with Gasteiger partial charge in [0.1, 0.15) is 12.1 Å². The summed E-state index contributed by atoms with van der Waals surface area (Å²) in [4.78, 5) is 33.6. The fourth-order valence-corrected chi connectivity index (χ4v) is 4.62. The first-order chi connectivity index (χ1) is 16.8. The Hall–Kier alpha value is -2.77. The fourth-order valence-electron chi connectivity index (χ4n) is 4.62. The van der Waals surface area contributed by atoms with Crippen LogP contribution in [-0.4, -0.2) is 49.6 Å². The Morgan fingerprint density at radius 3 is 2.34 bits per heavy atom. The van der Waals surface area contributed by atoms with Gasteiger partial charge in [0, 0.05) is 36.8 Å². The van der Waals surface area contributed by atoms with E-state index in [0.29, 0.717) is 11.3 Å². The van der Waals surface area contributed by atoms with E-state index in [-0.39, 0.29) is 29.9 Å². The first kappa shape index (κ1) is 26.8. The molecular formula is C28H40N4O3. The number of rotatable bonds is 9. The van der Waals surface area contributed by atoms with Gasteiger partial charge in [0.2, 0.25) is 11.8 Å². The molecule has 1 aromatic heterocycles. The number of aromatic nitrogens is 1. The van der Waals surface area contributed by atoms with Gasteiger partial charge in [0.05, 0.1) is 6.61 Å². The molecule has 190 valence electrons. The van der Waals surface area contributed by atoms with Crippen LogP contribution in [0.2, 0.25) is 0 Å². The van der Waals surface area contributed by atoms with Crippen LogP contribution in [-0.2, 0) is 19.7 Å². The number of hydrogen-bond donors (Lipinski definition) is 2. The maximum atomic E-state index is 13.9. The lowest BCUT2D eigenvalue weighted by atomic mass is 9.87. The smallest absolute Gasteiger partial charge is 0.248 e. The standard InChI is InChI=1S/C28H40N4O3/c1-28(2,3)21-13-15-23(16-14-21)32(27(34)24(29-4)19-35-5)25(20-10-9-17-30-18-20)26(33)31-22-11-7-6-8-12-22/h9-10,13-18,22,24-25,29H,6-8,11-12,19H2,1-5H3,(H,31,33). The highest BCUT2D eigenvalue weighted by molar-refractivity contribution is 6.03. The summed E-state index contributed by atoms with van der Waals surface area (Å²) in [6.07, 6.45) is 8.67. The summed E-state index contributed by atoms with van der Waals surface area (Å²) in [6, 6.07) is 10.2. The fraction of sp³-hybridized carbons (Fsp3) is 0.536. The van der Waals surface area contributed by atoms with Gasteiger partial charge in [-0.15, -0.1) is 0 Å². The Labute approximate surface area is 209 Å². The molecule has 2 aromatic rings. The summed E-state index contributed by atoms with van der Waals surface area (Å²) < 4.78 is 5.31. The quantitative estimate of drug-likeness (QED) is 0.564. The van der Waals surface area contributed by atoms with E-state index in [0.717, 1.165) is 31.2 Å². The Bertz CT molecular complexity index is 950. The van der Waals surface area contributed by atoms with E-state index in [2.05, 4.69) is 36.4 Å². The molecule has 0 radical (unpaired) electrons. The Morgan fingerprint density at radius 2 is 1.80 bits per heavy atom. The SMILES string of the molecule is CNC(COC)C(=O)N(c1ccc(C(C)(C)C)cc1)C(C(=O)NC1CCCCC1)c1cccnc1. The van der Waals surface area contributed by atoms with Crippen LogP contribution >= 0.6 is 0 Å². The molecule has 0 spiro atoms. The first-order valence-corrected chi connectivity index (χ1v) is 12.6. The molecule has 0 saturated heterocycles. The van der Waals surface area contributed by atoms with E-state index in [1.165, 1.54) is 6.42 Å². The van der Waals surface area contributed by atoms with Crippen molar-refractivity contribution < 1.29 is 14.3 Å². The second kappa shape index (κ2) is 12.3. The molecule has 7 heteroatoms. The third-order valence-electron chi connectivity index (χ3n) is 6.69. The number of likely N-dealkylation sites (N-methyl/N-ethyl adjacent to an activating group) is 1. The number of methoxy groups -OCH3 is 1.